The van der Waals surface area contributed by atoms with Gasteiger partial charge in [-0.1, -0.05) is 0 Å². The minimum Gasteiger partial charge on any atom is -0.330 e. The highest BCUT2D eigenvalue weighted by Crippen LogP contribution is 2.46. The molecule has 0 aromatic carbocycles. The van der Waals surface area contributed by atoms with Crippen LogP contribution < -0.4 is 17.2 Å². The van der Waals surface area contributed by atoms with Crippen LogP contribution in [0.3, 0.4) is 0 Å². The second-order valence-corrected chi connectivity index (χ2v) is 4.55. The van der Waals surface area contributed by atoms with Gasteiger partial charge in [-0.05, 0) is 0 Å². The van der Waals surface area contributed by atoms with Crippen molar-refractivity contribution in [3.63, 3.8) is 0 Å². The van der Waals surface area contributed by atoms with Gasteiger partial charge in [0.05, 0.1) is 19.4 Å². The van der Waals surface area contributed by atoms with Crippen molar-refractivity contribution >= 4 is 7.60 Å². The van der Waals surface area contributed by atoms with Gasteiger partial charge in [-0.15, -0.1) is 0 Å². The van der Waals surface area contributed by atoms with Crippen LogP contribution in [0.2, 0.25) is 0 Å². The SMILES string of the molecule is NCCOP(=O)(CCN)OCCN. The molecule has 0 saturated heterocycles. The fraction of sp³-hybridized carbons (Fsp3) is 1.00. The summed E-state index contributed by atoms with van der Waals surface area (Å²) in [6.07, 6.45) is 0.201. The van der Waals surface area contributed by atoms with Gasteiger partial charge in [-0.25, -0.2) is 0 Å². The zero-order chi connectivity index (χ0) is 10.2. The molecule has 0 radical (unpaired) electrons. The number of nitrogens with two attached hydrogens (primary N) is 3. The molecule has 0 rings (SSSR count). The maximum absolute atomic E-state index is 11.7. The summed E-state index contributed by atoms with van der Waals surface area (Å²) in [4.78, 5) is 0. The molecule has 0 spiro atoms. The molecule has 0 aliphatic rings. The standard InChI is InChI=1S/C6H18N3O3P/c7-1-4-11-13(10,6-3-9)12-5-2-8/h1-9H2. The summed E-state index contributed by atoms with van der Waals surface area (Å²) in [5.74, 6) is 0. The molecule has 6 N–H and O–H groups in total. The lowest BCUT2D eigenvalue weighted by Gasteiger charge is -2.16. The average Bonchev–Trinajstić information content (AvgIpc) is 2.12. The Morgan fingerprint density at radius 1 is 0.923 bits per heavy atom. The molecule has 0 aromatic rings. The van der Waals surface area contributed by atoms with Crippen LogP contribution in [-0.2, 0) is 13.6 Å². The lowest BCUT2D eigenvalue weighted by atomic mass is 10.8. The van der Waals surface area contributed by atoms with Gasteiger partial charge in [-0.2, -0.15) is 0 Å². The first-order valence-electron chi connectivity index (χ1n) is 4.17. The molecule has 0 heterocycles. The molecule has 13 heavy (non-hydrogen) atoms. The highest BCUT2D eigenvalue weighted by atomic mass is 31.2. The normalized spacial score (nSPS) is 11.9. The van der Waals surface area contributed by atoms with Crippen LogP contribution in [0.1, 0.15) is 0 Å². The van der Waals surface area contributed by atoms with Crippen LogP contribution in [-0.4, -0.2) is 39.0 Å². The van der Waals surface area contributed by atoms with Gasteiger partial charge in [0.15, 0.2) is 0 Å². The van der Waals surface area contributed by atoms with Crippen LogP contribution in [0.4, 0.5) is 0 Å². The summed E-state index contributed by atoms with van der Waals surface area (Å²) in [5.41, 5.74) is 15.7. The highest BCUT2D eigenvalue weighted by Gasteiger charge is 2.22. The van der Waals surface area contributed by atoms with Crippen molar-refractivity contribution in [3.05, 3.63) is 0 Å². The summed E-state index contributed by atoms with van der Waals surface area (Å²) in [5, 5.41) is 0. The summed E-state index contributed by atoms with van der Waals surface area (Å²) in [7, 11) is -3.04. The van der Waals surface area contributed by atoms with Crippen LogP contribution in [0.5, 0.6) is 0 Å². The van der Waals surface area contributed by atoms with Crippen LogP contribution >= 0.6 is 7.60 Å². The largest absolute Gasteiger partial charge is 0.332 e. The summed E-state index contributed by atoms with van der Waals surface area (Å²) in [6.45, 7) is 1.29. The first-order valence-corrected chi connectivity index (χ1v) is 5.89. The molecule has 6 nitrogen and oxygen atoms in total. The van der Waals surface area contributed by atoms with E-state index < -0.39 is 7.60 Å². The maximum atomic E-state index is 11.7. The fourth-order valence-electron chi connectivity index (χ4n) is 0.708. The third kappa shape index (κ3) is 6.15. The Labute approximate surface area is 78.3 Å². The van der Waals surface area contributed by atoms with Gasteiger partial charge in [0.25, 0.3) is 0 Å². The van der Waals surface area contributed by atoms with E-state index in [4.69, 9.17) is 26.2 Å². The fourth-order valence-corrected chi connectivity index (χ4v) is 2.12. The zero-order valence-corrected chi connectivity index (χ0v) is 8.54. The Morgan fingerprint density at radius 2 is 1.38 bits per heavy atom. The molecule has 7 heteroatoms. The third-order valence-corrected chi connectivity index (χ3v) is 3.17. The Balaban J connectivity index is 3.92. The quantitative estimate of drug-likeness (QED) is 0.448. The molecule has 0 unspecified atom stereocenters. The lowest BCUT2D eigenvalue weighted by Crippen LogP contribution is -2.16. The van der Waals surface area contributed by atoms with Crippen LogP contribution in [0, 0.1) is 0 Å². The van der Waals surface area contributed by atoms with Gasteiger partial charge in [-0.3, -0.25) is 4.57 Å². The molecule has 80 valence electrons. The molecule has 0 amide bonds. The van der Waals surface area contributed by atoms with E-state index in [-0.39, 0.29) is 25.9 Å². The second-order valence-electron chi connectivity index (χ2n) is 2.37. The monoisotopic (exact) mass is 211 g/mol. The van der Waals surface area contributed by atoms with Crippen molar-refractivity contribution in [1.82, 2.24) is 0 Å². The predicted octanol–water partition coefficient (Wildman–Crippen LogP) is -0.911. The van der Waals surface area contributed by atoms with Crippen molar-refractivity contribution in [2.45, 2.75) is 0 Å². The smallest absolute Gasteiger partial charge is 0.330 e. The van der Waals surface area contributed by atoms with Gasteiger partial charge >= 0.3 is 7.60 Å². The predicted molar refractivity (Wildman–Crippen MR) is 51.5 cm³/mol. The van der Waals surface area contributed by atoms with E-state index in [1.165, 1.54) is 0 Å². The van der Waals surface area contributed by atoms with E-state index in [9.17, 15) is 4.57 Å². The molecule has 0 fully saturated rings. The molecule has 0 bridgehead atoms. The summed E-state index contributed by atoms with van der Waals surface area (Å²) in [6, 6.07) is 0. The molecule has 0 aliphatic heterocycles. The first-order chi connectivity index (χ1) is 6.18. The average molecular weight is 211 g/mol. The minimum atomic E-state index is -3.04. The number of rotatable bonds is 8. The van der Waals surface area contributed by atoms with Gasteiger partial charge in [0.1, 0.15) is 0 Å². The van der Waals surface area contributed by atoms with E-state index in [1.54, 1.807) is 0 Å². The van der Waals surface area contributed by atoms with E-state index >= 15 is 0 Å². The van der Waals surface area contributed by atoms with Crippen molar-refractivity contribution in [2.24, 2.45) is 17.2 Å². The second kappa shape index (κ2) is 7.44. The molecular weight excluding hydrogens is 193 g/mol. The topological polar surface area (TPSA) is 114 Å². The van der Waals surface area contributed by atoms with Crippen LogP contribution in [0.25, 0.3) is 0 Å². The van der Waals surface area contributed by atoms with Crippen molar-refractivity contribution in [1.29, 1.82) is 0 Å². The molecule has 0 aliphatic carbocycles. The van der Waals surface area contributed by atoms with E-state index in [0.29, 0.717) is 13.1 Å². The third-order valence-electron chi connectivity index (χ3n) is 1.21. The zero-order valence-electron chi connectivity index (χ0n) is 7.65. The highest BCUT2D eigenvalue weighted by molar-refractivity contribution is 7.53. The lowest BCUT2D eigenvalue weighted by molar-refractivity contribution is 0.213. The van der Waals surface area contributed by atoms with Crippen molar-refractivity contribution < 1.29 is 13.6 Å². The number of hydrogen-bond acceptors (Lipinski definition) is 6. The Hall–Kier alpha value is 0.0300. The van der Waals surface area contributed by atoms with E-state index in [1.807, 2.05) is 0 Å². The van der Waals surface area contributed by atoms with E-state index in [2.05, 4.69) is 0 Å². The van der Waals surface area contributed by atoms with Crippen molar-refractivity contribution in [3.8, 4) is 0 Å². The van der Waals surface area contributed by atoms with Crippen molar-refractivity contribution in [2.75, 3.05) is 39.0 Å². The van der Waals surface area contributed by atoms with Gasteiger partial charge in [0, 0.05) is 19.6 Å². The Bertz CT molecular complexity index is 155. The van der Waals surface area contributed by atoms with Gasteiger partial charge in [0.2, 0.25) is 0 Å². The van der Waals surface area contributed by atoms with Crippen LogP contribution in [0.15, 0.2) is 0 Å². The maximum Gasteiger partial charge on any atom is 0.332 e. The van der Waals surface area contributed by atoms with Gasteiger partial charge < -0.3 is 26.2 Å². The molecule has 0 atom stereocenters. The first kappa shape index (κ1) is 13.0. The van der Waals surface area contributed by atoms with E-state index in [0.717, 1.165) is 0 Å². The Kier molecular flexibility index (Phi) is 7.45. The molecule has 0 aromatic heterocycles. The number of hydrogen-bond donors (Lipinski definition) is 3. The summed E-state index contributed by atoms with van der Waals surface area (Å²) < 4.78 is 21.7. The summed E-state index contributed by atoms with van der Waals surface area (Å²) >= 11 is 0. The molecule has 0 saturated carbocycles. The molecular formula is C6H18N3O3P. The Morgan fingerprint density at radius 3 is 1.69 bits per heavy atom. The minimum absolute atomic E-state index is 0.201.